The predicted molar refractivity (Wildman–Crippen MR) is 93.4 cm³/mol. The maximum atomic E-state index is 11.9. The minimum atomic E-state index is -0.419. The summed E-state index contributed by atoms with van der Waals surface area (Å²) in [5.41, 5.74) is 1.89. The molecule has 0 aliphatic carbocycles. The van der Waals surface area contributed by atoms with Gasteiger partial charge in [0.2, 0.25) is 5.91 Å². The van der Waals surface area contributed by atoms with Crippen LogP contribution in [0.4, 0.5) is 17.1 Å². The molecule has 1 heterocycles. The molecule has 25 heavy (non-hydrogen) atoms. The number of aromatic nitrogens is 2. The normalized spacial score (nSPS) is 10.9. The second-order valence-corrected chi connectivity index (χ2v) is 5.28. The Morgan fingerprint density at radius 2 is 1.84 bits per heavy atom. The van der Waals surface area contributed by atoms with Gasteiger partial charge in [-0.3, -0.25) is 19.8 Å². The Bertz CT molecular complexity index is 986. The Kier molecular flexibility index (Phi) is 4.42. The van der Waals surface area contributed by atoms with Crippen LogP contribution in [-0.2, 0) is 4.79 Å². The lowest BCUT2D eigenvalue weighted by Gasteiger charge is -2.01. The molecule has 0 spiro atoms. The molecular weight excluding hydrogens is 322 g/mol. The van der Waals surface area contributed by atoms with Crippen molar-refractivity contribution in [3.63, 3.8) is 0 Å². The second kappa shape index (κ2) is 6.83. The molecule has 8 nitrogen and oxygen atoms in total. The number of nitrogens with zero attached hydrogens (tertiary/aromatic N) is 2. The Morgan fingerprint density at radius 3 is 2.52 bits per heavy atom. The van der Waals surface area contributed by atoms with E-state index in [1.807, 2.05) is 0 Å². The molecule has 126 valence electrons. The number of aromatic hydroxyl groups is 1. The van der Waals surface area contributed by atoms with E-state index in [1.54, 1.807) is 36.4 Å². The summed E-state index contributed by atoms with van der Waals surface area (Å²) in [5, 5.41) is 25.5. The molecule has 1 aromatic heterocycles. The minimum Gasteiger partial charge on any atom is -0.508 e. The molecule has 0 unspecified atom stereocenters. The molecular formula is C17H15N5O3. The number of azo groups is 1. The molecule has 0 saturated heterocycles. The van der Waals surface area contributed by atoms with Gasteiger partial charge < -0.3 is 10.4 Å². The van der Waals surface area contributed by atoms with Crippen molar-refractivity contribution in [1.82, 2.24) is 10.2 Å². The Balaban J connectivity index is 1.88. The van der Waals surface area contributed by atoms with Crippen LogP contribution in [0, 0.1) is 0 Å². The number of H-pyrrole nitrogens is 2. The number of carbonyl (C=O) groups excluding carboxylic acids is 1. The summed E-state index contributed by atoms with van der Waals surface area (Å²) >= 11 is 0. The first kappa shape index (κ1) is 16.2. The fraction of sp³-hybridized carbons (Fsp3) is 0.0588. The topological polar surface area (TPSA) is 123 Å². The second-order valence-electron chi connectivity index (χ2n) is 5.28. The summed E-state index contributed by atoms with van der Waals surface area (Å²) in [6.45, 7) is 1.43. The van der Waals surface area contributed by atoms with E-state index in [2.05, 4.69) is 25.7 Å². The number of aromatic amines is 2. The monoisotopic (exact) mass is 337 g/mol. The third-order valence-electron chi connectivity index (χ3n) is 3.34. The fourth-order valence-electron chi connectivity index (χ4n) is 2.24. The zero-order chi connectivity index (χ0) is 17.8. The van der Waals surface area contributed by atoms with Gasteiger partial charge in [0.15, 0.2) is 5.69 Å². The lowest BCUT2D eigenvalue weighted by molar-refractivity contribution is -0.114. The number of carbonyl (C=O) groups is 1. The number of hydrogen-bond acceptors (Lipinski definition) is 5. The van der Waals surface area contributed by atoms with E-state index in [4.69, 9.17) is 0 Å². The molecule has 0 bridgehead atoms. The fourth-order valence-corrected chi connectivity index (χ4v) is 2.24. The van der Waals surface area contributed by atoms with Crippen molar-refractivity contribution in [2.75, 3.05) is 5.32 Å². The van der Waals surface area contributed by atoms with Crippen LogP contribution in [0.2, 0.25) is 0 Å². The lowest BCUT2D eigenvalue weighted by atomic mass is 10.1. The third kappa shape index (κ3) is 3.81. The average molecular weight is 337 g/mol. The van der Waals surface area contributed by atoms with Crippen molar-refractivity contribution in [2.24, 2.45) is 10.2 Å². The maximum Gasteiger partial charge on any atom is 0.292 e. The third-order valence-corrected chi connectivity index (χ3v) is 3.34. The molecule has 1 amide bonds. The molecule has 0 atom stereocenters. The Morgan fingerprint density at radius 1 is 1.08 bits per heavy atom. The van der Waals surface area contributed by atoms with Crippen LogP contribution in [0.15, 0.2) is 63.6 Å². The van der Waals surface area contributed by atoms with Crippen LogP contribution >= 0.6 is 0 Å². The molecule has 2 aromatic carbocycles. The molecule has 3 aromatic rings. The SMILES string of the molecule is CC(=O)Nc1ccc(N=Nc2c(-c3cccc(O)c3)[nH][nH]c2=O)cc1. The van der Waals surface area contributed by atoms with E-state index >= 15 is 0 Å². The van der Waals surface area contributed by atoms with Crippen LogP contribution in [0.5, 0.6) is 5.75 Å². The van der Waals surface area contributed by atoms with E-state index in [-0.39, 0.29) is 17.3 Å². The Hall–Kier alpha value is -3.68. The predicted octanol–water partition coefficient (Wildman–Crippen LogP) is 3.45. The number of nitrogens with one attached hydrogen (secondary N) is 3. The van der Waals surface area contributed by atoms with Crippen molar-refractivity contribution in [2.45, 2.75) is 6.92 Å². The van der Waals surface area contributed by atoms with Crippen molar-refractivity contribution < 1.29 is 9.90 Å². The molecule has 8 heteroatoms. The highest BCUT2D eigenvalue weighted by molar-refractivity contribution is 5.88. The van der Waals surface area contributed by atoms with Gasteiger partial charge in [-0.2, -0.15) is 5.11 Å². The highest BCUT2D eigenvalue weighted by atomic mass is 16.3. The smallest absolute Gasteiger partial charge is 0.292 e. The highest BCUT2D eigenvalue weighted by Gasteiger charge is 2.12. The summed E-state index contributed by atoms with van der Waals surface area (Å²) in [6, 6.07) is 13.2. The average Bonchev–Trinajstić information content (AvgIpc) is 2.94. The number of benzene rings is 2. The molecule has 0 saturated carbocycles. The van der Waals surface area contributed by atoms with Gasteiger partial charge in [0.1, 0.15) is 5.75 Å². The van der Waals surface area contributed by atoms with E-state index in [1.165, 1.54) is 19.1 Å². The zero-order valence-corrected chi connectivity index (χ0v) is 13.3. The lowest BCUT2D eigenvalue weighted by Crippen LogP contribution is -2.04. The number of anilines is 1. The number of phenolic OH excluding ortho intramolecular Hbond substituents is 1. The zero-order valence-electron chi connectivity index (χ0n) is 13.3. The molecule has 0 fully saturated rings. The van der Waals surface area contributed by atoms with E-state index in [0.29, 0.717) is 22.6 Å². The van der Waals surface area contributed by atoms with E-state index in [0.717, 1.165) is 0 Å². The van der Waals surface area contributed by atoms with Crippen LogP contribution in [-0.4, -0.2) is 21.2 Å². The van der Waals surface area contributed by atoms with Gasteiger partial charge in [-0.05, 0) is 36.4 Å². The van der Waals surface area contributed by atoms with Gasteiger partial charge in [-0.25, -0.2) is 0 Å². The Labute approximate surface area is 142 Å². The first-order valence-corrected chi connectivity index (χ1v) is 7.42. The van der Waals surface area contributed by atoms with E-state index < -0.39 is 5.56 Å². The van der Waals surface area contributed by atoms with Crippen molar-refractivity contribution in [3.05, 3.63) is 58.9 Å². The summed E-state index contributed by atoms with van der Waals surface area (Å²) < 4.78 is 0. The summed E-state index contributed by atoms with van der Waals surface area (Å²) in [6.07, 6.45) is 0. The van der Waals surface area contributed by atoms with Crippen molar-refractivity contribution in [1.29, 1.82) is 0 Å². The van der Waals surface area contributed by atoms with Gasteiger partial charge in [0.05, 0.1) is 11.4 Å². The van der Waals surface area contributed by atoms with Crippen LogP contribution in [0.25, 0.3) is 11.3 Å². The maximum absolute atomic E-state index is 11.9. The molecule has 0 radical (unpaired) electrons. The molecule has 0 aliphatic heterocycles. The van der Waals surface area contributed by atoms with Gasteiger partial charge in [0, 0.05) is 18.2 Å². The molecule has 0 aliphatic rings. The van der Waals surface area contributed by atoms with Crippen molar-refractivity contribution in [3.8, 4) is 17.0 Å². The number of rotatable bonds is 4. The largest absolute Gasteiger partial charge is 0.508 e. The standard InChI is InChI=1S/C17H15N5O3/c1-10(23)18-12-5-7-13(8-6-12)19-21-16-15(20-22-17(16)25)11-3-2-4-14(24)9-11/h2-9,24H,1H3,(H,18,23)(H2,20,22,25). The van der Waals surface area contributed by atoms with Crippen molar-refractivity contribution >= 4 is 23.0 Å². The summed E-state index contributed by atoms with van der Waals surface area (Å²) in [7, 11) is 0. The van der Waals surface area contributed by atoms with E-state index in [9.17, 15) is 14.7 Å². The minimum absolute atomic E-state index is 0.0796. The first-order valence-electron chi connectivity index (χ1n) is 7.42. The number of amides is 1. The van der Waals surface area contributed by atoms with Crippen LogP contribution in [0.3, 0.4) is 0 Å². The van der Waals surface area contributed by atoms with Crippen LogP contribution < -0.4 is 10.9 Å². The van der Waals surface area contributed by atoms with Gasteiger partial charge in [-0.1, -0.05) is 12.1 Å². The molecule has 4 N–H and O–H groups in total. The first-order chi connectivity index (χ1) is 12.0. The van der Waals surface area contributed by atoms with Gasteiger partial charge in [-0.15, -0.1) is 5.11 Å². The molecule has 3 rings (SSSR count). The summed E-state index contributed by atoms with van der Waals surface area (Å²) in [4.78, 5) is 22.9. The van der Waals surface area contributed by atoms with Crippen LogP contribution in [0.1, 0.15) is 6.92 Å². The quantitative estimate of drug-likeness (QED) is 0.545. The summed E-state index contributed by atoms with van der Waals surface area (Å²) in [5.74, 6) is -0.0833. The highest BCUT2D eigenvalue weighted by Crippen LogP contribution is 2.28. The number of hydrogen-bond donors (Lipinski definition) is 4. The van der Waals surface area contributed by atoms with Gasteiger partial charge >= 0.3 is 0 Å². The number of phenols is 1. The van der Waals surface area contributed by atoms with Gasteiger partial charge in [0.25, 0.3) is 5.56 Å².